The Morgan fingerprint density at radius 1 is 1.24 bits per heavy atom. The molecule has 2 rings (SSSR count). The number of nitrogens with two attached hydrogens (primary N) is 1. The number of thioether (sulfide) groups is 1. The van der Waals surface area contributed by atoms with Gasteiger partial charge in [0.1, 0.15) is 18.0 Å². The highest BCUT2D eigenvalue weighted by Crippen LogP contribution is 2.38. The summed E-state index contributed by atoms with van der Waals surface area (Å²) < 4.78 is 11.2. The van der Waals surface area contributed by atoms with E-state index >= 15 is 0 Å². The molecule has 7 nitrogen and oxygen atoms in total. The zero-order valence-electron chi connectivity index (χ0n) is 21.2. The standard InChI is InChI=1S/C25H40N4O3S2/c1-6-29(23(30)32-24(2,3)4)16-17-31-20-12-10-19(11-13-20)27-22(33)28-21(26)34-18-25(5)14-8-7-9-15-25/h10-13H,6-9,14-18H2,1-5H3,(H3,26,27,28,33). The molecular formula is C25H40N4O3S2. The molecule has 1 aromatic carbocycles. The summed E-state index contributed by atoms with van der Waals surface area (Å²) in [6.07, 6.45) is 6.11. The summed E-state index contributed by atoms with van der Waals surface area (Å²) in [5.74, 6) is 1.68. The summed E-state index contributed by atoms with van der Waals surface area (Å²) >= 11 is 6.93. The average Bonchev–Trinajstić information content (AvgIpc) is 2.76. The molecule has 1 saturated carbocycles. The molecule has 1 aromatic rings. The maximum Gasteiger partial charge on any atom is 0.410 e. The van der Waals surface area contributed by atoms with Crippen LogP contribution in [0.2, 0.25) is 0 Å². The Labute approximate surface area is 214 Å². The molecule has 0 bridgehead atoms. The number of thiocarbonyl (C=S) groups is 1. The van der Waals surface area contributed by atoms with E-state index in [4.69, 9.17) is 27.4 Å². The molecule has 1 fully saturated rings. The number of nitrogens with one attached hydrogen (secondary N) is 1. The molecule has 0 spiro atoms. The quantitative estimate of drug-likeness (QED) is 0.251. The van der Waals surface area contributed by atoms with E-state index in [1.54, 1.807) is 16.7 Å². The highest BCUT2D eigenvalue weighted by molar-refractivity contribution is 8.13. The lowest BCUT2D eigenvalue weighted by molar-refractivity contribution is 0.0237. The van der Waals surface area contributed by atoms with Crippen molar-refractivity contribution in [3.8, 4) is 5.75 Å². The first-order valence-electron chi connectivity index (χ1n) is 12.0. The van der Waals surface area contributed by atoms with Gasteiger partial charge in [-0.3, -0.25) is 0 Å². The number of hydrogen-bond donors (Lipinski definition) is 2. The van der Waals surface area contributed by atoms with Gasteiger partial charge in [-0.2, -0.15) is 4.99 Å². The first-order valence-corrected chi connectivity index (χ1v) is 13.4. The van der Waals surface area contributed by atoms with E-state index < -0.39 is 5.60 Å². The summed E-state index contributed by atoms with van der Waals surface area (Å²) in [4.78, 5) is 18.1. The van der Waals surface area contributed by atoms with Crippen molar-refractivity contribution in [2.75, 3.05) is 30.8 Å². The van der Waals surface area contributed by atoms with Crippen molar-refractivity contribution in [1.29, 1.82) is 0 Å². The van der Waals surface area contributed by atoms with Crippen LogP contribution in [0.5, 0.6) is 5.75 Å². The van der Waals surface area contributed by atoms with Crippen molar-refractivity contribution in [2.24, 2.45) is 16.1 Å². The number of nitrogens with zero attached hydrogens (tertiary/aromatic N) is 2. The molecule has 0 atom stereocenters. The number of benzene rings is 1. The highest BCUT2D eigenvalue weighted by Gasteiger charge is 2.27. The van der Waals surface area contributed by atoms with Crippen LogP contribution in [0.4, 0.5) is 10.5 Å². The lowest BCUT2D eigenvalue weighted by atomic mass is 9.77. The van der Waals surface area contributed by atoms with Gasteiger partial charge < -0.3 is 25.4 Å². The van der Waals surface area contributed by atoms with Crippen LogP contribution in [-0.4, -0.2) is 52.3 Å². The van der Waals surface area contributed by atoms with E-state index in [2.05, 4.69) is 17.2 Å². The van der Waals surface area contributed by atoms with Crippen LogP contribution in [0.15, 0.2) is 29.3 Å². The summed E-state index contributed by atoms with van der Waals surface area (Å²) in [7, 11) is 0. The Balaban J connectivity index is 1.76. The number of carbonyl (C=O) groups excluding carboxylic acids is 1. The monoisotopic (exact) mass is 508 g/mol. The predicted octanol–water partition coefficient (Wildman–Crippen LogP) is 6.04. The van der Waals surface area contributed by atoms with Gasteiger partial charge in [0.25, 0.3) is 0 Å². The zero-order chi connectivity index (χ0) is 25.2. The molecule has 3 N–H and O–H groups in total. The number of ether oxygens (including phenoxy) is 2. The van der Waals surface area contributed by atoms with Crippen LogP contribution < -0.4 is 15.8 Å². The van der Waals surface area contributed by atoms with E-state index in [1.807, 2.05) is 52.0 Å². The van der Waals surface area contributed by atoms with Gasteiger partial charge in [0.2, 0.25) is 0 Å². The molecule has 0 heterocycles. The topological polar surface area (TPSA) is 89.2 Å². The van der Waals surface area contributed by atoms with Gasteiger partial charge in [0.05, 0.1) is 6.54 Å². The first kappa shape index (κ1) is 28.2. The predicted molar refractivity (Wildman–Crippen MR) is 147 cm³/mol. The van der Waals surface area contributed by atoms with Crippen molar-refractivity contribution in [1.82, 2.24) is 4.90 Å². The molecule has 0 aliphatic heterocycles. The minimum absolute atomic E-state index is 0.336. The van der Waals surface area contributed by atoms with Gasteiger partial charge in [-0.1, -0.05) is 37.9 Å². The third-order valence-corrected chi connectivity index (χ3v) is 7.03. The van der Waals surface area contributed by atoms with Crippen molar-refractivity contribution in [3.63, 3.8) is 0 Å². The maximum absolute atomic E-state index is 12.2. The highest BCUT2D eigenvalue weighted by atomic mass is 32.2. The van der Waals surface area contributed by atoms with Crippen LogP contribution in [0.25, 0.3) is 0 Å². The second kappa shape index (κ2) is 13.2. The molecule has 1 aliphatic carbocycles. The minimum Gasteiger partial charge on any atom is -0.492 e. The maximum atomic E-state index is 12.2. The molecule has 0 saturated heterocycles. The molecule has 1 amide bonds. The van der Waals surface area contributed by atoms with Gasteiger partial charge >= 0.3 is 6.09 Å². The van der Waals surface area contributed by atoms with Crippen molar-refractivity contribution < 1.29 is 14.3 Å². The number of aliphatic imine (C=N–C) groups is 1. The number of anilines is 1. The van der Waals surface area contributed by atoms with Gasteiger partial charge in [-0.05, 0) is 82.4 Å². The summed E-state index contributed by atoms with van der Waals surface area (Å²) in [5, 5.41) is 3.92. The Morgan fingerprint density at radius 2 is 1.88 bits per heavy atom. The Morgan fingerprint density at radius 3 is 2.47 bits per heavy atom. The summed E-state index contributed by atoms with van der Waals surface area (Å²) in [6, 6.07) is 7.44. The van der Waals surface area contributed by atoms with E-state index in [-0.39, 0.29) is 6.09 Å². The number of hydrogen-bond acceptors (Lipinski definition) is 5. The van der Waals surface area contributed by atoms with Gasteiger partial charge in [-0.25, -0.2) is 4.79 Å². The van der Waals surface area contributed by atoms with Gasteiger partial charge in [0.15, 0.2) is 10.3 Å². The molecule has 0 radical (unpaired) electrons. The largest absolute Gasteiger partial charge is 0.492 e. The SMILES string of the molecule is CCN(CCOc1ccc(NC(=S)/N=C(\N)SCC2(C)CCCCC2)cc1)C(=O)OC(C)(C)C. The molecule has 9 heteroatoms. The number of likely N-dealkylation sites (N-methyl/N-ethyl adjacent to an activating group) is 1. The second-order valence-corrected chi connectivity index (χ2v) is 11.4. The van der Waals surface area contributed by atoms with E-state index in [0.29, 0.717) is 41.1 Å². The van der Waals surface area contributed by atoms with Crippen molar-refractivity contribution in [2.45, 2.75) is 72.3 Å². The zero-order valence-corrected chi connectivity index (χ0v) is 22.8. The fourth-order valence-corrected chi connectivity index (χ4v) is 4.91. The van der Waals surface area contributed by atoms with Crippen LogP contribution in [-0.2, 0) is 4.74 Å². The molecule has 1 aliphatic rings. The Hall–Kier alpha value is -2.00. The number of amides is 1. The van der Waals surface area contributed by atoms with Gasteiger partial charge in [-0.15, -0.1) is 0 Å². The lowest BCUT2D eigenvalue weighted by Crippen LogP contribution is -2.38. The van der Waals surface area contributed by atoms with Crippen LogP contribution in [0.1, 0.15) is 66.7 Å². The molecule has 0 aromatic heterocycles. The van der Waals surface area contributed by atoms with E-state index in [0.717, 1.165) is 11.4 Å². The summed E-state index contributed by atoms with van der Waals surface area (Å²) in [6.45, 7) is 11.2. The van der Waals surface area contributed by atoms with E-state index in [1.165, 1.54) is 32.1 Å². The fraction of sp³-hybridized carbons (Fsp3) is 0.640. The van der Waals surface area contributed by atoms with Crippen molar-refractivity contribution >= 4 is 46.0 Å². The third-order valence-electron chi connectivity index (χ3n) is 5.61. The number of carbonyl (C=O) groups is 1. The fourth-order valence-electron chi connectivity index (χ4n) is 3.69. The second-order valence-electron chi connectivity index (χ2n) is 9.97. The van der Waals surface area contributed by atoms with Crippen LogP contribution >= 0.6 is 24.0 Å². The number of rotatable bonds is 8. The Kier molecular flexibility index (Phi) is 11.0. The smallest absolute Gasteiger partial charge is 0.410 e. The number of amidine groups is 1. The first-order chi connectivity index (χ1) is 16.0. The Bertz CT molecular complexity index is 832. The lowest BCUT2D eigenvalue weighted by Gasteiger charge is -2.33. The van der Waals surface area contributed by atoms with E-state index in [9.17, 15) is 4.79 Å². The van der Waals surface area contributed by atoms with Crippen molar-refractivity contribution in [3.05, 3.63) is 24.3 Å². The minimum atomic E-state index is -0.518. The van der Waals surface area contributed by atoms with Gasteiger partial charge in [0, 0.05) is 18.0 Å². The van der Waals surface area contributed by atoms with Crippen LogP contribution in [0.3, 0.4) is 0 Å². The normalized spacial score (nSPS) is 16.0. The average molecular weight is 509 g/mol. The molecule has 34 heavy (non-hydrogen) atoms. The van der Waals surface area contributed by atoms with Crippen LogP contribution in [0, 0.1) is 5.41 Å². The summed E-state index contributed by atoms with van der Waals surface area (Å²) in [5.41, 5.74) is 6.73. The molecular weight excluding hydrogens is 468 g/mol. The molecule has 190 valence electrons. The third kappa shape index (κ3) is 10.5. The molecule has 0 unspecified atom stereocenters.